The van der Waals surface area contributed by atoms with Crippen LogP contribution in [0.2, 0.25) is 0 Å². The van der Waals surface area contributed by atoms with Crippen molar-refractivity contribution in [3.63, 3.8) is 0 Å². The molecule has 2 rings (SSSR count). The lowest BCUT2D eigenvalue weighted by atomic mass is 10.0. The van der Waals surface area contributed by atoms with Crippen LogP contribution >= 0.6 is 0 Å². The summed E-state index contributed by atoms with van der Waals surface area (Å²) in [6.07, 6.45) is 4.55. The average Bonchev–Trinajstić information content (AvgIpc) is 2.63. The quantitative estimate of drug-likeness (QED) is 0.659. The fourth-order valence-electron chi connectivity index (χ4n) is 3.73. The van der Waals surface area contributed by atoms with Gasteiger partial charge in [0.25, 0.3) is 0 Å². The zero-order valence-corrected chi connectivity index (χ0v) is 16.1. The van der Waals surface area contributed by atoms with Gasteiger partial charge in [0.2, 0.25) is 11.8 Å². The molecule has 2 saturated heterocycles. The topological polar surface area (TPSA) is 67.9 Å². The molecule has 0 radical (unpaired) electrons. The first-order chi connectivity index (χ1) is 12.0. The Hall–Kier alpha value is -1.18. The summed E-state index contributed by atoms with van der Waals surface area (Å²) in [6, 6.07) is 0.836. The van der Waals surface area contributed by atoms with E-state index in [0.717, 1.165) is 51.9 Å². The van der Waals surface area contributed by atoms with E-state index in [1.165, 1.54) is 0 Å². The van der Waals surface area contributed by atoms with Gasteiger partial charge in [0.15, 0.2) is 0 Å². The highest BCUT2D eigenvalue weighted by molar-refractivity contribution is 5.80. The van der Waals surface area contributed by atoms with Crippen molar-refractivity contribution in [1.29, 1.82) is 0 Å². The number of likely N-dealkylation sites (tertiary alicyclic amines) is 1. The molecule has 0 saturated carbocycles. The Morgan fingerprint density at radius 3 is 2.28 bits per heavy atom. The van der Waals surface area contributed by atoms with Crippen LogP contribution in [-0.4, -0.2) is 99.0 Å². The van der Waals surface area contributed by atoms with E-state index in [2.05, 4.69) is 15.5 Å². The Morgan fingerprint density at radius 2 is 1.72 bits per heavy atom. The molecule has 0 bridgehead atoms. The fraction of sp³-hybridized carbons (Fsp3) is 0.889. The smallest absolute Gasteiger partial charge is 0.237 e. The number of rotatable bonds is 7. The van der Waals surface area contributed by atoms with Crippen molar-refractivity contribution in [2.75, 3.05) is 60.4 Å². The third kappa shape index (κ3) is 6.24. The summed E-state index contributed by atoms with van der Waals surface area (Å²) < 4.78 is 0. The summed E-state index contributed by atoms with van der Waals surface area (Å²) >= 11 is 0. The van der Waals surface area contributed by atoms with E-state index in [-0.39, 0.29) is 17.9 Å². The Kier molecular flexibility index (Phi) is 8.12. The Balaban J connectivity index is 1.91. The molecule has 2 amide bonds. The fourth-order valence-corrected chi connectivity index (χ4v) is 3.73. The second kappa shape index (κ2) is 10.1. The van der Waals surface area contributed by atoms with Crippen molar-refractivity contribution >= 4 is 11.8 Å². The minimum atomic E-state index is 0.0848. The van der Waals surface area contributed by atoms with Gasteiger partial charge in [-0.25, -0.2) is 0 Å². The first-order valence-electron chi connectivity index (χ1n) is 9.61. The molecule has 2 N–H and O–H groups in total. The summed E-state index contributed by atoms with van der Waals surface area (Å²) in [5.74, 6) is 0.267. The van der Waals surface area contributed by atoms with E-state index < -0.39 is 0 Å². The first-order valence-corrected chi connectivity index (χ1v) is 9.61. The molecule has 0 aromatic carbocycles. The largest absolute Gasteiger partial charge is 0.349 e. The number of hydrogen-bond acceptors (Lipinski definition) is 5. The van der Waals surface area contributed by atoms with E-state index in [0.29, 0.717) is 25.6 Å². The van der Waals surface area contributed by atoms with Gasteiger partial charge in [-0.3, -0.25) is 14.5 Å². The molecule has 0 spiro atoms. The molecule has 2 aliphatic heterocycles. The molecule has 0 atom stereocenters. The molecule has 25 heavy (non-hydrogen) atoms. The second-order valence-corrected chi connectivity index (χ2v) is 7.45. The molecule has 2 heterocycles. The summed E-state index contributed by atoms with van der Waals surface area (Å²) in [7, 11) is 5.54. The average molecular weight is 354 g/mol. The number of nitrogens with zero attached hydrogens (tertiary/aromatic N) is 3. The second-order valence-electron chi connectivity index (χ2n) is 7.45. The van der Waals surface area contributed by atoms with Crippen LogP contribution in [0.1, 0.15) is 32.1 Å². The van der Waals surface area contributed by atoms with Gasteiger partial charge < -0.3 is 20.4 Å². The van der Waals surface area contributed by atoms with Crippen LogP contribution < -0.4 is 10.6 Å². The Bertz CT molecular complexity index is 429. The maximum Gasteiger partial charge on any atom is 0.237 e. The van der Waals surface area contributed by atoms with Crippen molar-refractivity contribution in [3.8, 4) is 0 Å². The SMILES string of the molecule is CNC1CCN(CC(=O)N(CCC(=O)N(C)C)C2CCNCC2)CC1. The lowest BCUT2D eigenvalue weighted by Crippen LogP contribution is -2.51. The highest BCUT2D eigenvalue weighted by Crippen LogP contribution is 2.15. The molecule has 2 aliphatic rings. The van der Waals surface area contributed by atoms with Crippen molar-refractivity contribution in [2.45, 2.75) is 44.2 Å². The lowest BCUT2D eigenvalue weighted by molar-refractivity contribution is -0.137. The van der Waals surface area contributed by atoms with Gasteiger partial charge >= 0.3 is 0 Å². The third-order valence-electron chi connectivity index (χ3n) is 5.49. The monoisotopic (exact) mass is 353 g/mol. The Labute approximate surface area is 152 Å². The number of carbonyl (C=O) groups excluding carboxylic acids is 2. The summed E-state index contributed by atoms with van der Waals surface area (Å²) in [6.45, 7) is 4.85. The van der Waals surface area contributed by atoms with Crippen LogP contribution in [0, 0.1) is 0 Å². The van der Waals surface area contributed by atoms with Crippen LogP contribution in [0.25, 0.3) is 0 Å². The zero-order chi connectivity index (χ0) is 18.2. The molecular weight excluding hydrogens is 318 g/mol. The summed E-state index contributed by atoms with van der Waals surface area (Å²) in [5, 5.41) is 6.68. The lowest BCUT2D eigenvalue weighted by Gasteiger charge is -2.37. The van der Waals surface area contributed by atoms with E-state index in [9.17, 15) is 9.59 Å². The van der Waals surface area contributed by atoms with E-state index in [4.69, 9.17) is 0 Å². The number of hydrogen-bond donors (Lipinski definition) is 2. The molecule has 0 aromatic heterocycles. The van der Waals surface area contributed by atoms with Crippen molar-refractivity contribution < 1.29 is 9.59 Å². The highest BCUT2D eigenvalue weighted by atomic mass is 16.2. The van der Waals surface area contributed by atoms with E-state index >= 15 is 0 Å². The molecule has 0 aliphatic carbocycles. The summed E-state index contributed by atoms with van der Waals surface area (Å²) in [4.78, 5) is 30.8. The Morgan fingerprint density at radius 1 is 1.08 bits per heavy atom. The molecule has 7 heteroatoms. The van der Waals surface area contributed by atoms with Crippen molar-refractivity contribution in [3.05, 3.63) is 0 Å². The van der Waals surface area contributed by atoms with Gasteiger partial charge in [-0.1, -0.05) is 0 Å². The van der Waals surface area contributed by atoms with Gasteiger partial charge in [-0.05, 0) is 45.8 Å². The molecule has 0 aromatic rings. The predicted molar refractivity (Wildman–Crippen MR) is 99.4 cm³/mol. The van der Waals surface area contributed by atoms with Crippen molar-refractivity contribution in [1.82, 2.24) is 25.3 Å². The number of carbonyl (C=O) groups is 2. The van der Waals surface area contributed by atoms with Crippen molar-refractivity contribution in [2.24, 2.45) is 0 Å². The van der Waals surface area contributed by atoms with E-state index in [1.54, 1.807) is 19.0 Å². The normalized spacial score (nSPS) is 20.4. The molecule has 2 fully saturated rings. The standard InChI is InChI=1S/C18H35N5O2/c1-19-15-6-11-22(12-7-15)14-18(25)23(13-8-17(24)21(2)3)16-4-9-20-10-5-16/h15-16,19-20H,4-14H2,1-3H3. The molecule has 7 nitrogen and oxygen atoms in total. The molecule has 144 valence electrons. The molecular formula is C18H35N5O2. The third-order valence-corrected chi connectivity index (χ3v) is 5.49. The maximum atomic E-state index is 13.0. The van der Waals surface area contributed by atoms with Gasteiger partial charge in [0.05, 0.1) is 6.54 Å². The van der Waals surface area contributed by atoms with Gasteiger partial charge in [0, 0.05) is 52.2 Å². The van der Waals surface area contributed by atoms with Gasteiger partial charge in [-0.15, -0.1) is 0 Å². The van der Waals surface area contributed by atoms with Crippen LogP contribution in [0.3, 0.4) is 0 Å². The van der Waals surface area contributed by atoms with E-state index in [1.807, 2.05) is 11.9 Å². The predicted octanol–water partition coefficient (Wildman–Crippen LogP) is -0.271. The van der Waals surface area contributed by atoms with Gasteiger partial charge in [0.1, 0.15) is 0 Å². The van der Waals surface area contributed by atoms with Crippen LogP contribution in [0.5, 0.6) is 0 Å². The van der Waals surface area contributed by atoms with Crippen LogP contribution in [-0.2, 0) is 9.59 Å². The summed E-state index contributed by atoms with van der Waals surface area (Å²) in [5.41, 5.74) is 0. The van der Waals surface area contributed by atoms with Crippen LogP contribution in [0.15, 0.2) is 0 Å². The highest BCUT2D eigenvalue weighted by Gasteiger charge is 2.28. The first kappa shape index (κ1) is 20.1. The molecule has 0 unspecified atom stereocenters. The number of amides is 2. The number of nitrogens with one attached hydrogen (secondary N) is 2. The number of piperidine rings is 2. The van der Waals surface area contributed by atoms with Crippen LogP contribution in [0.4, 0.5) is 0 Å². The maximum absolute atomic E-state index is 13.0. The van der Waals surface area contributed by atoms with Gasteiger partial charge in [-0.2, -0.15) is 0 Å². The minimum absolute atomic E-state index is 0.0848. The zero-order valence-electron chi connectivity index (χ0n) is 16.1. The minimum Gasteiger partial charge on any atom is -0.349 e.